The van der Waals surface area contributed by atoms with Crippen LogP contribution in [0.3, 0.4) is 0 Å². The van der Waals surface area contributed by atoms with Gasteiger partial charge < -0.3 is 14.7 Å². The van der Waals surface area contributed by atoms with Gasteiger partial charge >= 0.3 is 0 Å². The van der Waals surface area contributed by atoms with Crippen molar-refractivity contribution in [3.8, 4) is 0 Å². The number of piperazine rings is 2. The van der Waals surface area contributed by atoms with E-state index in [4.69, 9.17) is 0 Å². The average molecular weight is 394 g/mol. The minimum atomic E-state index is -0.0609. The molecule has 152 valence electrons. The summed E-state index contributed by atoms with van der Waals surface area (Å²) in [5.74, 6) is 0.689. The molecule has 2 aromatic rings. The lowest BCUT2D eigenvalue weighted by atomic mass is 10.2. The Kier molecular flexibility index (Phi) is 6.00. The fourth-order valence-corrected chi connectivity index (χ4v) is 3.78. The topological polar surface area (TPSA) is 72.9 Å². The van der Waals surface area contributed by atoms with E-state index >= 15 is 0 Å². The van der Waals surface area contributed by atoms with Crippen molar-refractivity contribution in [1.29, 1.82) is 0 Å². The Morgan fingerprint density at radius 2 is 1.59 bits per heavy atom. The van der Waals surface area contributed by atoms with Crippen LogP contribution in [0.1, 0.15) is 16.1 Å². The lowest BCUT2D eigenvalue weighted by Crippen LogP contribution is -2.48. The number of anilines is 1. The van der Waals surface area contributed by atoms with Gasteiger partial charge in [-0.15, -0.1) is 10.2 Å². The van der Waals surface area contributed by atoms with Gasteiger partial charge in [0.05, 0.1) is 0 Å². The van der Waals surface area contributed by atoms with Crippen LogP contribution < -0.4 is 4.90 Å². The molecular weight excluding hydrogens is 368 g/mol. The molecule has 0 N–H and O–H groups in total. The smallest absolute Gasteiger partial charge is 0.274 e. The monoisotopic (exact) mass is 394 g/mol. The van der Waals surface area contributed by atoms with Crippen LogP contribution in [0.2, 0.25) is 0 Å². The van der Waals surface area contributed by atoms with E-state index in [1.54, 1.807) is 11.0 Å². The summed E-state index contributed by atoms with van der Waals surface area (Å²) in [5, 5.41) is 8.43. The van der Waals surface area contributed by atoms with Crippen molar-refractivity contribution in [3.63, 3.8) is 0 Å². The Balaban J connectivity index is 1.29. The second kappa shape index (κ2) is 9.00. The lowest BCUT2D eigenvalue weighted by molar-refractivity contribution is -0.118. The van der Waals surface area contributed by atoms with E-state index < -0.39 is 0 Å². The first-order valence-electron chi connectivity index (χ1n) is 10.1. The van der Waals surface area contributed by atoms with Crippen LogP contribution in [-0.4, -0.2) is 89.6 Å². The molecule has 2 fully saturated rings. The number of amides is 2. The van der Waals surface area contributed by atoms with Crippen LogP contribution >= 0.6 is 0 Å². The molecule has 2 aliphatic heterocycles. The molecule has 8 nitrogen and oxygen atoms in total. The van der Waals surface area contributed by atoms with Gasteiger partial charge in [0.25, 0.3) is 5.91 Å². The van der Waals surface area contributed by atoms with E-state index in [-0.39, 0.29) is 5.91 Å². The van der Waals surface area contributed by atoms with E-state index in [0.717, 1.165) is 45.0 Å². The third-order valence-electron chi connectivity index (χ3n) is 5.57. The highest BCUT2D eigenvalue weighted by molar-refractivity contribution is 5.92. The number of nitrogens with zero attached hydrogens (tertiary/aromatic N) is 6. The maximum atomic E-state index is 12.8. The summed E-state index contributed by atoms with van der Waals surface area (Å²) in [5.41, 5.74) is 1.68. The largest absolute Gasteiger partial charge is 0.352 e. The summed E-state index contributed by atoms with van der Waals surface area (Å²) in [6.07, 6.45) is 0.879. The molecule has 0 radical (unpaired) electrons. The van der Waals surface area contributed by atoms with Gasteiger partial charge in [-0.3, -0.25) is 14.5 Å². The summed E-state index contributed by atoms with van der Waals surface area (Å²) >= 11 is 0. The second-order valence-electron chi connectivity index (χ2n) is 7.46. The zero-order chi connectivity index (χ0) is 20.1. The predicted octanol–water partition coefficient (Wildman–Crippen LogP) is 0.713. The van der Waals surface area contributed by atoms with Gasteiger partial charge in [-0.05, 0) is 17.7 Å². The van der Waals surface area contributed by atoms with Gasteiger partial charge in [0.1, 0.15) is 0 Å². The molecule has 0 aliphatic carbocycles. The quantitative estimate of drug-likeness (QED) is 0.696. The molecular formula is C21H26N6O2. The SMILES string of the molecule is O=CN1CCN(c2ccc(C(=O)N3CCN(Cc4ccccc4)CC3)nn2)CC1. The van der Waals surface area contributed by atoms with Gasteiger partial charge in [-0.1, -0.05) is 30.3 Å². The number of benzene rings is 1. The standard InChI is InChI=1S/C21H26N6O2/c28-17-25-10-12-26(13-11-25)20-7-6-19(22-23-20)21(29)27-14-8-24(9-15-27)16-18-4-2-1-3-5-18/h1-7,17H,8-16H2. The van der Waals surface area contributed by atoms with Gasteiger partial charge in [0.2, 0.25) is 6.41 Å². The van der Waals surface area contributed by atoms with Crippen LogP contribution in [-0.2, 0) is 11.3 Å². The van der Waals surface area contributed by atoms with Gasteiger partial charge in [-0.2, -0.15) is 0 Å². The number of aromatic nitrogens is 2. The molecule has 2 saturated heterocycles. The molecule has 2 amide bonds. The molecule has 0 spiro atoms. The summed E-state index contributed by atoms with van der Waals surface area (Å²) in [4.78, 5) is 31.7. The zero-order valence-corrected chi connectivity index (χ0v) is 16.5. The molecule has 0 unspecified atom stereocenters. The molecule has 29 heavy (non-hydrogen) atoms. The van der Waals surface area contributed by atoms with Crippen molar-refractivity contribution >= 4 is 18.1 Å². The Bertz CT molecular complexity index is 813. The highest BCUT2D eigenvalue weighted by Crippen LogP contribution is 2.14. The minimum absolute atomic E-state index is 0.0609. The predicted molar refractivity (Wildman–Crippen MR) is 110 cm³/mol. The van der Waals surface area contributed by atoms with Crippen LogP contribution in [0.25, 0.3) is 0 Å². The van der Waals surface area contributed by atoms with E-state index in [2.05, 4.69) is 44.3 Å². The summed E-state index contributed by atoms with van der Waals surface area (Å²) in [7, 11) is 0. The van der Waals surface area contributed by atoms with Crippen LogP contribution in [0.15, 0.2) is 42.5 Å². The average Bonchev–Trinajstić information content (AvgIpc) is 2.80. The van der Waals surface area contributed by atoms with E-state index in [1.807, 2.05) is 17.0 Å². The van der Waals surface area contributed by atoms with E-state index in [1.165, 1.54) is 5.56 Å². The van der Waals surface area contributed by atoms with Crippen molar-refractivity contribution in [2.45, 2.75) is 6.54 Å². The highest BCUT2D eigenvalue weighted by Gasteiger charge is 2.24. The number of hydrogen-bond donors (Lipinski definition) is 0. The Labute approximate surface area is 170 Å². The van der Waals surface area contributed by atoms with E-state index in [9.17, 15) is 9.59 Å². The van der Waals surface area contributed by atoms with Gasteiger partial charge in [-0.25, -0.2) is 0 Å². The molecule has 4 rings (SSSR count). The fourth-order valence-electron chi connectivity index (χ4n) is 3.78. The maximum Gasteiger partial charge on any atom is 0.274 e. The summed E-state index contributed by atoms with van der Waals surface area (Å²) in [6.45, 7) is 6.83. The molecule has 1 aromatic carbocycles. The minimum Gasteiger partial charge on any atom is -0.352 e. The zero-order valence-electron chi connectivity index (χ0n) is 16.5. The van der Waals surface area contributed by atoms with Crippen molar-refractivity contribution in [3.05, 3.63) is 53.7 Å². The van der Waals surface area contributed by atoms with Crippen LogP contribution in [0, 0.1) is 0 Å². The van der Waals surface area contributed by atoms with E-state index in [0.29, 0.717) is 31.9 Å². The van der Waals surface area contributed by atoms with Crippen molar-refractivity contribution in [1.82, 2.24) is 24.9 Å². The Hall–Kier alpha value is -3.00. The highest BCUT2D eigenvalue weighted by atomic mass is 16.2. The normalized spacial score (nSPS) is 18.0. The van der Waals surface area contributed by atoms with Crippen molar-refractivity contribution in [2.75, 3.05) is 57.3 Å². The summed E-state index contributed by atoms with van der Waals surface area (Å²) < 4.78 is 0. The number of rotatable bonds is 5. The van der Waals surface area contributed by atoms with Crippen LogP contribution in [0.5, 0.6) is 0 Å². The molecule has 0 saturated carbocycles. The first-order chi connectivity index (χ1) is 14.2. The summed E-state index contributed by atoms with van der Waals surface area (Å²) in [6, 6.07) is 14.0. The second-order valence-corrected chi connectivity index (χ2v) is 7.46. The lowest BCUT2D eigenvalue weighted by Gasteiger charge is -2.34. The van der Waals surface area contributed by atoms with Crippen molar-refractivity contribution < 1.29 is 9.59 Å². The third-order valence-corrected chi connectivity index (χ3v) is 5.57. The molecule has 2 aliphatic rings. The first kappa shape index (κ1) is 19.3. The van der Waals surface area contributed by atoms with Gasteiger partial charge in [0.15, 0.2) is 11.5 Å². The third kappa shape index (κ3) is 4.71. The van der Waals surface area contributed by atoms with Gasteiger partial charge in [0, 0.05) is 58.9 Å². The molecule has 1 aromatic heterocycles. The van der Waals surface area contributed by atoms with Crippen LogP contribution in [0.4, 0.5) is 5.82 Å². The molecule has 8 heteroatoms. The molecule has 0 atom stereocenters. The number of hydrogen-bond acceptors (Lipinski definition) is 6. The maximum absolute atomic E-state index is 12.8. The Morgan fingerprint density at radius 1 is 0.862 bits per heavy atom. The van der Waals surface area contributed by atoms with Crippen molar-refractivity contribution in [2.24, 2.45) is 0 Å². The Morgan fingerprint density at radius 3 is 2.21 bits per heavy atom. The molecule has 3 heterocycles. The fraction of sp³-hybridized carbons (Fsp3) is 0.429. The first-order valence-corrected chi connectivity index (χ1v) is 10.1. The number of carbonyl (C=O) groups excluding carboxylic acids is 2. The number of carbonyl (C=O) groups is 2. The molecule has 0 bridgehead atoms.